The Morgan fingerprint density at radius 3 is 1.97 bits per heavy atom. The third-order valence-electron chi connectivity index (χ3n) is 6.08. The van der Waals surface area contributed by atoms with Crippen LogP contribution in [0.4, 0.5) is 4.79 Å². The molecule has 0 unspecified atom stereocenters. The molecule has 4 aromatic rings. The van der Waals surface area contributed by atoms with Crippen LogP contribution in [0.2, 0.25) is 10.0 Å². The third kappa shape index (κ3) is 6.61. The molecule has 1 saturated heterocycles. The van der Waals surface area contributed by atoms with E-state index in [0.717, 1.165) is 43.5 Å². The van der Waals surface area contributed by atoms with Gasteiger partial charge in [-0.2, -0.15) is 0 Å². The van der Waals surface area contributed by atoms with Crippen LogP contribution in [0.15, 0.2) is 78.9 Å². The van der Waals surface area contributed by atoms with Crippen LogP contribution in [-0.4, -0.2) is 34.2 Å². The summed E-state index contributed by atoms with van der Waals surface area (Å²) in [5.74, 6) is 0.728. The molecule has 3 aromatic carbocycles. The molecule has 0 saturated carbocycles. The van der Waals surface area contributed by atoms with Crippen molar-refractivity contribution in [3.05, 3.63) is 94.6 Å². The number of benzene rings is 3. The summed E-state index contributed by atoms with van der Waals surface area (Å²) < 4.78 is 11.7. The van der Waals surface area contributed by atoms with Crippen LogP contribution in [0.25, 0.3) is 22.5 Å². The highest BCUT2D eigenvalue weighted by molar-refractivity contribution is 6.31. The van der Waals surface area contributed by atoms with E-state index in [1.807, 2.05) is 59.6 Å². The monoisotopic (exact) mass is 548 g/mol. The van der Waals surface area contributed by atoms with Crippen LogP contribution in [-0.2, 0) is 6.61 Å². The van der Waals surface area contributed by atoms with Gasteiger partial charge in [0.15, 0.2) is 0 Å². The lowest BCUT2D eigenvalue weighted by Crippen LogP contribution is -2.46. The average molecular weight is 549 g/mol. The van der Waals surface area contributed by atoms with Crippen LogP contribution in [0.5, 0.6) is 11.6 Å². The van der Waals surface area contributed by atoms with E-state index in [1.165, 1.54) is 0 Å². The van der Waals surface area contributed by atoms with E-state index in [2.05, 4.69) is 5.43 Å². The number of carbonyl (C=O) groups is 1. The first-order valence-electron chi connectivity index (χ1n) is 12.4. The van der Waals surface area contributed by atoms with Crippen LogP contribution in [0.3, 0.4) is 0 Å². The van der Waals surface area contributed by atoms with E-state index in [-0.39, 0.29) is 12.5 Å². The lowest BCUT2D eigenvalue weighted by molar-refractivity contribution is 0.127. The molecule has 1 aliphatic heterocycles. The van der Waals surface area contributed by atoms with Gasteiger partial charge in [-0.15, -0.1) is 0 Å². The van der Waals surface area contributed by atoms with Gasteiger partial charge in [0.05, 0.1) is 5.69 Å². The number of hydrazine groups is 1. The van der Waals surface area contributed by atoms with Crippen LogP contribution < -0.4 is 14.9 Å². The maximum Gasteiger partial charge on any atom is 0.428 e. The molecule has 0 spiro atoms. The number of hydrogen-bond donors (Lipinski definition) is 1. The number of amides is 1. The zero-order chi connectivity index (χ0) is 26.3. The molecule has 194 valence electrons. The molecule has 5 rings (SSSR count). The van der Waals surface area contributed by atoms with Crippen molar-refractivity contribution in [3.8, 4) is 34.1 Å². The summed E-state index contributed by atoms with van der Waals surface area (Å²) in [6.07, 6.45) is 2.57. The summed E-state index contributed by atoms with van der Waals surface area (Å²) in [7, 11) is 0. The molecule has 1 aliphatic rings. The second-order valence-electron chi connectivity index (χ2n) is 8.84. The maximum absolute atomic E-state index is 12.9. The van der Waals surface area contributed by atoms with Crippen molar-refractivity contribution in [3.63, 3.8) is 0 Å². The molecular weight excluding hydrogens is 523 g/mol. The Bertz CT molecular complexity index is 1380. The molecular formula is C29H26Cl2N4O3. The highest BCUT2D eigenvalue weighted by Gasteiger charge is 2.22. The number of para-hydroxylation sites is 1. The van der Waals surface area contributed by atoms with E-state index < -0.39 is 6.09 Å². The number of hydrogen-bond acceptors (Lipinski definition) is 6. The highest BCUT2D eigenvalue weighted by Crippen LogP contribution is 2.34. The van der Waals surface area contributed by atoms with Gasteiger partial charge in [-0.3, -0.25) is 5.43 Å². The standard InChI is InChI=1S/C29H26Cl2N4O3/c30-22-13-9-20(10-14-22)26-27(21-11-15-23(31)16-12-21)33-28(38-29(36)34-35-17-5-2-6-18-35)25(32-26)19-37-24-7-3-1-4-8-24/h1,3-4,7-16H,2,5-6,17-19H2,(H,34,36). The van der Waals surface area contributed by atoms with E-state index in [1.54, 1.807) is 24.3 Å². The van der Waals surface area contributed by atoms with Gasteiger partial charge in [-0.25, -0.2) is 19.8 Å². The first-order chi connectivity index (χ1) is 18.5. The number of aromatic nitrogens is 2. The van der Waals surface area contributed by atoms with Gasteiger partial charge >= 0.3 is 6.09 Å². The van der Waals surface area contributed by atoms with Crippen molar-refractivity contribution < 1.29 is 14.3 Å². The Balaban J connectivity index is 1.55. The number of nitrogens with zero attached hydrogens (tertiary/aromatic N) is 3. The fourth-order valence-corrected chi connectivity index (χ4v) is 4.41. The molecule has 9 heteroatoms. The van der Waals surface area contributed by atoms with Gasteiger partial charge in [0.2, 0.25) is 0 Å². The fraction of sp³-hybridized carbons (Fsp3) is 0.207. The third-order valence-corrected chi connectivity index (χ3v) is 6.58. The smallest absolute Gasteiger partial charge is 0.428 e. The van der Waals surface area contributed by atoms with Gasteiger partial charge < -0.3 is 9.47 Å². The van der Waals surface area contributed by atoms with Crippen molar-refractivity contribution >= 4 is 29.3 Å². The molecule has 1 N–H and O–H groups in total. The van der Waals surface area contributed by atoms with Gasteiger partial charge in [0.25, 0.3) is 5.88 Å². The molecule has 2 heterocycles. The predicted octanol–water partition coefficient (Wildman–Crippen LogP) is 7.19. The lowest BCUT2D eigenvalue weighted by atomic mass is 10.0. The first kappa shape index (κ1) is 26.0. The summed E-state index contributed by atoms with van der Waals surface area (Å²) in [6.45, 7) is 1.59. The Labute approximate surface area is 231 Å². The topological polar surface area (TPSA) is 76.6 Å². The van der Waals surface area contributed by atoms with Crippen LogP contribution in [0.1, 0.15) is 25.0 Å². The molecule has 1 aromatic heterocycles. The Hall–Kier alpha value is -3.65. The second kappa shape index (κ2) is 12.3. The SMILES string of the molecule is O=C(NN1CCCCC1)Oc1nc(-c2ccc(Cl)cc2)c(-c2ccc(Cl)cc2)nc1COc1ccccc1. The zero-order valence-corrected chi connectivity index (χ0v) is 22.1. The van der Waals surface area contributed by atoms with Crippen molar-refractivity contribution in [2.45, 2.75) is 25.9 Å². The van der Waals surface area contributed by atoms with E-state index >= 15 is 0 Å². The molecule has 0 bridgehead atoms. The predicted molar refractivity (Wildman–Crippen MR) is 148 cm³/mol. The summed E-state index contributed by atoms with van der Waals surface area (Å²) in [5.41, 5.74) is 5.90. The molecule has 38 heavy (non-hydrogen) atoms. The van der Waals surface area contributed by atoms with E-state index in [0.29, 0.717) is 32.9 Å². The van der Waals surface area contributed by atoms with E-state index in [4.69, 9.17) is 42.6 Å². The summed E-state index contributed by atoms with van der Waals surface area (Å²) in [5, 5.41) is 3.07. The molecule has 1 fully saturated rings. The van der Waals surface area contributed by atoms with Gasteiger partial charge in [-0.05, 0) is 49.2 Å². The largest absolute Gasteiger partial charge is 0.487 e. The number of carbonyl (C=O) groups excluding carboxylic acids is 1. The van der Waals surface area contributed by atoms with Crippen LogP contribution in [0, 0.1) is 0 Å². The molecule has 7 nitrogen and oxygen atoms in total. The number of nitrogens with one attached hydrogen (secondary N) is 1. The Morgan fingerprint density at radius 1 is 0.789 bits per heavy atom. The lowest BCUT2D eigenvalue weighted by Gasteiger charge is -2.26. The van der Waals surface area contributed by atoms with Gasteiger partial charge in [-0.1, -0.05) is 72.1 Å². The second-order valence-corrected chi connectivity index (χ2v) is 9.71. The number of halogens is 2. The normalized spacial score (nSPS) is 13.6. The fourth-order valence-electron chi connectivity index (χ4n) is 4.16. The van der Waals surface area contributed by atoms with Crippen molar-refractivity contribution in [1.29, 1.82) is 0 Å². The van der Waals surface area contributed by atoms with E-state index in [9.17, 15) is 4.79 Å². The Kier molecular flexibility index (Phi) is 8.38. The quantitative estimate of drug-likeness (QED) is 0.263. The average Bonchev–Trinajstić information content (AvgIpc) is 2.94. The molecule has 1 amide bonds. The number of rotatable bonds is 7. The minimum absolute atomic E-state index is 0.0465. The molecule has 0 aliphatic carbocycles. The summed E-state index contributed by atoms with van der Waals surface area (Å²) in [6, 6.07) is 24.0. The Morgan fingerprint density at radius 2 is 1.37 bits per heavy atom. The number of piperidine rings is 1. The minimum atomic E-state index is -0.622. The molecule has 0 radical (unpaired) electrons. The van der Waals surface area contributed by atoms with Gasteiger partial charge in [0, 0.05) is 34.3 Å². The zero-order valence-electron chi connectivity index (χ0n) is 20.6. The maximum atomic E-state index is 12.9. The van der Waals surface area contributed by atoms with Crippen LogP contribution >= 0.6 is 23.2 Å². The summed E-state index contributed by atoms with van der Waals surface area (Å²) in [4.78, 5) is 22.6. The summed E-state index contributed by atoms with van der Waals surface area (Å²) >= 11 is 12.3. The number of ether oxygens (including phenoxy) is 2. The first-order valence-corrected chi connectivity index (χ1v) is 13.1. The van der Waals surface area contributed by atoms with Gasteiger partial charge in [0.1, 0.15) is 23.7 Å². The molecule has 0 atom stereocenters. The minimum Gasteiger partial charge on any atom is -0.487 e. The van der Waals surface area contributed by atoms with Crippen molar-refractivity contribution in [2.24, 2.45) is 0 Å². The highest BCUT2D eigenvalue weighted by atomic mass is 35.5. The van der Waals surface area contributed by atoms with Crippen molar-refractivity contribution in [1.82, 2.24) is 20.4 Å². The van der Waals surface area contributed by atoms with Crippen molar-refractivity contribution in [2.75, 3.05) is 13.1 Å².